The van der Waals surface area contributed by atoms with Crippen molar-refractivity contribution in [2.75, 3.05) is 5.32 Å². The fourth-order valence-corrected chi connectivity index (χ4v) is 3.30. The molecule has 0 aromatic heterocycles. The molecule has 1 aliphatic carbocycles. The van der Waals surface area contributed by atoms with Crippen LogP contribution < -0.4 is 15.6 Å². The first-order valence-corrected chi connectivity index (χ1v) is 9.04. The number of nitrogens with one attached hydrogen (secondary N) is 3. The van der Waals surface area contributed by atoms with E-state index in [1.807, 2.05) is 48.5 Å². The summed E-state index contributed by atoms with van der Waals surface area (Å²) in [5, 5.41) is 7.59. The highest BCUT2D eigenvalue weighted by Gasteiger charge is 2.18. The zero-order valence-corrected chi connectivity index (χ0v) is 14.6. The van der Waals surface area contributed by atoms with Crippen LogP contribution >= 0.6 is 12.2 Å². The lowest BCUT2D eigenvalue weighted by molar-refractivity contribution is -0.316. The Kier molecular flexibility index (Phi) is 5.96. The SMILES string of the molecule is S=C(NC1CCCCC1)[NH+]=C(Nc1ccccc1)c1ccccc1. The second kappa shape index (κ2) is 8.60. The fraction of sp³-hybridized carbons (Fsp3) is 0.300. The molecule has 0 amide bonds. The van der Waals surface area contributed by atoms with Gasteiger partial charge in [-0.1, -0.05) is 55.7 Å². The summed E-state index contributed by atoms with van der Waals surface area (Å²) < 4.78 is 0. The lowest BCUT2D eigenvalue weighted by Gasteiger charge is -2.20. The van der Waals surface area contributed by atoms with Crippen LogP contribution in [0.4, 0.5) is 5.69 Å². The van der Waals surface area contributed by atoms with E-state index in [0.717, 1.165) is 17.1 Å². The van der Waals surface area contributed by atoms with Crippen LogP contribution in [-0.4, -0.2) is 17.0 Å². The lowest BCUT2D eigenvalue weighted by Crippen LogP contribution is -2.82. The molecule has 0 unspecified atom stereocenters. The number of benzene rings is 2. The number of thiocarbonyl (C=S) groups is 1. The first-order chi connectivity index (χ1) is 11.8. The van der Waals surface area contributed by atoms with E-state index in [-0.39, 0.29) is 0 Å². The van der Waals surface area contributed by atoms with Crippen LogP contribution in [0.2, 0.25) is 0 Å². The Morgan fingerprint density at radius 2 is 1.50 bits per heavy atom. The van der Waals surface area contributed by atoms with Gasteiger partial charge in [0.05, 0.1) is 11.7 Å². The highest BCUT2D eigenvalue weighted by atomic mass is 32.1. The molecule has 124 valence electrons. The first kappa shape index (κ1) is 16.7. The van der Waals surface area contributed by atoms with Gasteiger partial charge in [0.1, 0.15) is 0 Å². The molecule has 1 saturated carbocycles. The minimum atomic E-state index is 0.493. The summed E-state index contributed by atoms with van der Waals surface area (Å²) in [6.45, 7) is 0. The predicted molar refractivity (Wildman–Crippen MR) is 104 cm³/mol. The van der Waals surface area contributed by atoms with E-state index in [9.17, 15) is 0 Å². The Labute approximate surface area is 149 Å². The second-order valence-corrected chi connectivity index (χ2v) is 6.57. The van der Waals surface area contributed by atoms with Crippen LogP contribution in [-0.2, 0) is 0 Å². The van der Waals surface area contributed by atoms with Gasteiger partial charge in [0.15, 0.2) is 0 Å². The van der Waals surface area contributed by atoms with E-state index >= 15 is 0 Å². The summed E-state index contributed by atoms with van der Waals surface area (Å²) in [6.07, 6.45) is 6.33. The van der Waals surface area contributed by atoms with E-state index in [2.05, 4.69) is 27.8 Å². The molecule has 0 saturated heterocycles. The van der Waals surface area contributed by atoms with Gasteiger partial charge in [-0.05, 0) is 49.3 Å². The Morgan fingerprint density at radius 1 is 0.875 bits per heavy atom. The number of hydrogen-bond donors (Lipinski definition) is 3. The van der Waals surface area contributed by atoms with Crippen molar-refractivity contribution in [2.45, 2.75) is 38.1 Å². The van der Waals surface area contributed by atoms with Gasteiger partial charge in [-0.15, -0.1) is 0 Å². The summed E-state index contributed by atoms with van der Waals surface area (Å²) >= 11 is 5.54. The third kappa shape index (κ3) is 4.90. The van der Waals surface area contributed by atoms with Gasteiger partial charge in [-0.2, -0.15) is 0 Å². The third-order valence-corrected chi connectivity index (χ3v) is 4.50. The van der Waals surface area contributed by atoms with Crippen molar-refractivity contribution < 1.29 is 4.99 Å². The quantitative estimate of drug-likeness (QED) is 0.458. The number of hydrogen-bond acceptors (Lipinski definition) is 1. The summed E-state index contributed by atoms with van der Waals surface area (Å²) in [6, 6.07) is 20.8. The highest BCUT2D eigenvalue weighted by Crippen LogP contribution is 2.16. The Morgan fingerprint density at radius 3 is 2.17 bits per heavy atom. The first-order valence-electron chi connectivity index (χ1n) is 8.63. The summed E-state index contributed by atoms with van der Waals surface area (Å²) in [5.74, 6) is 0.898. The fourth-order valence-electron chi connectivity index (χ4n) is 3.03. The third-order valence-electron chi connectivity index (χ3n) is 4.28. The average Bonchev–Trinajstić information content (AvgIpc) is 2.63. The van der Waals surface area contributed by atoms with Crippen LogP contribution in [0.3, 0.4) is 0 Å². The molecule has 2 aromatic carbocycles. The van der Waals surface area contributed by atoms with Crippen LogP contribution in [0.25, 0.3) is 0 Å². The van der Waals surface area contributed by atoms with Crippen LogP contribution in [0.5, 0.6) is 0 Å². The summed E-state index contributed by atoms with van der Waals surface area (Å²) in [5.41, 5.74) is 2.11. The van der Waals surface area contributed by atoms with Gasteiger partial charge in [0.2, 0.25) is 5.84 Å². The smallest absolute Gasteiger partial charge is 0.288 e. The van der Waals surface area contributed by atoms with Gasteiger partial charge in [0, 0.05) is 5.56 Å². The topological polar surface area (TPSA) is 38.0 Å². The molecule has 0 spiro atoms. The zero-order chi connectivity index (χ0) is 16.6. The van der Waals surface area contributed by atoms with Gasteiger partial charge in [-0.3, -0.25) is 10.6 Å². The Bertz CT molecular complexity index is 677. The van der Waals surface area contributed by atoms with Crippen LogP contribution in [0, 0.1) is 0 Å². The van der Waals surface area contributed by atoms with Gasteiger partial charge >= 0.3 is 0 Å². The molecular formula is C20H24N3S+. The molecule has 3 rings (SSSR count). The maximum absolute atomic E-state index is 5.54. The number of para-hydroxylation sites is 1. The van der Waals surface area contributed by atoms with E-state index in [0.29, 0.717) is 11.2 Å². The highest BCUT2D eigenvalue weighted by molar-refractivity contribution is 7.79. The molecule has 1 aliphatic rings. The molecule has 0 atom stereocenters. The van der Waals surface area contributed by atoms with Crippen LogP contribution in [0.1, 0.15) is 37.7 Å². The van der Waals surface area contributed by atoms with Gasteiger partial charge < -0.3 is 0 Å². The molecular weight excluding hydrogens is 314 g/mol. The predicted octanol–water partition coefficient (Wildman–Crippen LogP) is 2.83. The molecule has 0 bridgehead atoms. The Balaban J connectivity index is 1.76. The average molecular weight is 339 g/mol. The van der Waals surface area contributed by atoms with Crippen molar-refractivity contribution >= 4 is 28.9 Å². The van der Waals surface area contributed by atoms with Crippen molar-refractivity contribution in [3.05, 3.63) is 66.2 Å². The summed E-state index contributed by atoms with van der Waals surface area (Å²) in [4.78, 5) is 3.35. The van der Waals surface area contributed by atoms with Crippen molar-refractivity contribution in [3.8, 4) is 0 Å². The van der Waals surface area contributed by atoms with Crippen LogP contribution in [0.15, 0.2) is 60.7 Å². The standard InChI is InChI=1S/C20H23N3S/c24-20(22-18-14-8-3-9-15-18)23-19(16-10-4-1-5-11-16)21-17-12-6-2-7-13-17/h1-2,4-7,10-13,18H,3,8-9,14-15H2,(H2,21,22,23,24)/p+1. The largest absolute Gasteiger partial charge is 0.293 e. The molecule has 2 aromatic rings. The molecule has 3 N–H and O–H groups in total. The van der Waals surface area contributed by atoms with Gasteiger partial charge in [0.25, 0.3) is 5.11 Å². The molecule has 4 heteroatoms. The van der Waals surface area contributed by atoms with Crippen molar-refractivity contribution in [3.63, 3.8) is 0 Å². The number of anilines is 1. The minimum absolute atomic E-state index is 0.493. The summed E-state index contributed by atoms with van der Waals surface area (Å²) in [7, 11) is 0. The van der Waals surface area contributed by atoms with E-state index in [1.54, 1.807) is 0 Å². The minimum Gasteiger partial charge on any atom is -0.293 e. The van der Waals surface area contributed by atoms with Crippen molar-refractivity contribution in [1.82, 2.24) is 5.32 Å². The number of rotatable bonds is 3. The molecule has 1 fully saturated rings. The maximum atomic E-state index is 5.54. The second-order valence-electron chi connectivity index (χ2n) is 6.17. The normalized spacial score (nSPS) is 15.8. The zero-order valence-electron chi connectivity index (χ0n) is 13.8. The lowest BCUT2D eigenvalue weighted by atomic mass is 9.96. The maximum Gasteiger partial charge on any atom is 0.288 e. The van der Waals surface area contributed by atoms with E-state index in [1.165, 1.54) is 32.1 Å². The molecule has 24 heavy (non-hydrogen) atoms. The van der Waals surface area contributed by atoms with Crippen molar-refractivity contribution in [1.29, 1.82) is 0 Å². The van der Waals surface area contributed by atoms with Crippen molar-refractivity contribution in [2.24, 2.45) is 0 Å². The number of amidine groups is 1. The van der Waals surface area contributed by atoms with E-state index < -0.39 is 0 Å². The molecule has 3 nitrogen and oxygen atoms in total. The Hall–Kier alpha value is -2.20. The molecule has 0 aliphatic heterocycles. The molecule has 0 heterocycles. The van der Waals surface area contributed by atoms with E-state index in [4.69, 9.17) is 12.2 Å². The molecule has 0 radical (unpaired) electrons. The monoisotopic (exact) mass is 338 g/mol. The van der Waals surface area contributed by atoms with Gasteiger partial charge in [-0.25, -0.2) is 4.99 Å².